The highest BCUT2D eigenvalue weighted by atomic mass is 32.2. The molecule has 2 nitrogen and oxygen atoms in total. The highest BCUT2D eigenvalue weighted by Gasteiger charge is 2.20. The lowest BCUT2D eigenvalue weighted by atomic mass is 10.1. The summed E-state index contributed by atoms with van der Waals surface area (Å²) in [7, 11) is -2.72. The Morgan fingerprint density at radius 1 is 1.33 bits per heavy atom. The first-order chi connectivity index (χ1) is 5.58. The molecule has 1 radical (unpaired) electrons. The van der Waals surface area contributed by atoms with Gasteiger partial charge in [-0.25, -0.2) is 8.42 Å². The second kappa shape index (κ2) is 4.26. The van der Waals surface area contributed by atoms with Gasteiger partial charge in [0.2, 0.25) is 0 Å². The van der Waals surface area contributed by atoms with Crippen LogP contribution in [0.5, 0.6) is 0 Å². The first-order valence-corrected chi connectivity index (χ1v) is 6.65. The van der Waals surface area contributed by atoms with E-state index >= 15 is 0 Å². The van der Waals surface area contributed by atoms with Crippen molar-refractivity contribution in [3.8, 4) is 0 Å². The van der Waals surface area contributed by atoms with Crippen LogP contribution >= 0.6 is 0 Å². The van der Waals surface area contributed by atoms with Gasteiger partial charge in [0, 0.05) is 12.0 Å². The summed E-state index contributed by atoms with van der Waals surface area (Å²) in [5, 5.41) is 0. The number of sulfone groups is 1. The Morgan fingerprint density at radius 2 is 2.00 bits per heavy atom. The molecule has 1 atom stereocenters. The fourth-order valence-corrected chi connectivity index (χ4v) is 2.01. The van der Waals surface area contributed by atoms with Crippen molar-refractivity contribution in [2.75, 3.05) is 12.0 Å². The van der Waals surface area contributed by atoms with E-state index in [0.29, 0.717) is 5.75 Å². The molecule has 0 saturated heterocycles. The number of unbranched alkanes of at least 4 members (excludes halogenated alkanes) is 2. The zero-order valence-electron chi connectivity index (χ0n) is 7.62. The normalized spacial score (nSPS) is 18.1. The van der Waals surface area contributed by atoms with Gasteiger partial charge in [-0.3, -0.25) is 0 Å². The van der Waals surface area contributed by atoms with Crippen molar-refractivity contribution in [3.05, 3.63) is 6.42 Å². The summed E-state index contributed by atoms with van der Waals surface area (Å²) in [5.41, 5.74) is 0. The minimum atomic E-state index is -2.72. The molecule has 0 amide bonds. The van der Waals surface area contributed by atoms with E-state index < -0.39 is 9.84 Å². The Bertz CT molecular complexity index is 215. The highest BCUT2D eigenvalue weighted by molar-refractivity contribution is 7.90. The molecule has 0 N–H and O–H groups in total. The average Bonchev–Trinajstić information content (AvgIpc) is 2.68. The van der Waals surface area contributed by atoms with Crippen molar-refractivity contribution in [1.82, 2.24) is 0 Å². The summed E-state index contributed by atoms with van der Waals surface area (Å²) >= 11 is 0. The second-order valence-corrected chi connectivity index (χ2v) is 5.97. The number of hydrogen-bond donors (Lipinski definition) is 0. The van der Waals surface area contributed by atoms with E-state index in [9.17, 15) is 8.42 Å². The molecular formula is C9H17O2S. The van der Waals surface area contributed by atoms with E-state index in [0.717, 1.165) is 18.8 Å². The largest absolute Gasteiger partial charge is 0.229 e. The molecule has 1 aliphatic rings. The van der Waals surface area contributed by atoms with Crippen molar-refractivity contribution in [2.45, 2.75) is 32.1 Å². The molecule has 3 heteroatoms. The van der Waals surface area contributed by atoms with Crippen molar-refractivity contribution in [1.29, 1.82) is 0 Å². The molecule has 71 valence electrons. The maximum Gasteiger partial charge on any atom is 0.147 e. The van der Waals surface area contributed by atoms with Gasteiger partial charge in [0.05, 0.1) is 0 Å². The minimum Gasteiger partial charge on any atom is -0.229 e. The van der Waals surface area contributed by atoms with Crippen LogP contribution in [-0.4, -0.2) is 20.4 Å². The lowest BCUT2D eigenvalue weighted by Gasteiger charge is -1.98. The summed E-state index contributed by atoms with van der Waals surface area (Å²) in [6.45, 7) is 0. The van der Waals surface area contributed by atoms with Crippen LogP contribution in [0.3, 0.4) is 0 Å². The van der Waals surface area contributed by atoms with Crippen LogP contribution in [-0.2, 0) is 9.84 Å². The van der Waals surface area contributed by atoms with E-state index in [2.05, 4.69) is 6.42 Å². The molecule has 0 aromatic carbocycles. The molecule has 1 aliphatic carbocycles. The van der Waals surface area contributed by atoms with Gasteiger partial charge in [-0.2, -0.15) is 0 Å². The Hall–Kier alpha value is -0.0500. The van der Waals surface area contributed by atoms with Gasteiger partial charge in [-0.15, -0.1) is 0 Å². The molecule has 0 aliphatic heterocycles. The highest BCUT2D eigenvalue weighted by Crippen LogP contribution is 2.32. The summed E-state index contributed by atoms with van der Waals surface area (Å²) in [6.07, 6.45) is 9.27. The average molecular weight is 189 g/mol. The standard InChI is InChI=1S/C9H17O2S/c1-12(10,11)8-4-2-3-5-9-6-7-9/h6,9H,2-5,7-8H2,1H3. The molecule has 1 fully saturated rings. The fraction of sp³-hybridized carbons (Fsp3) is 0.889. The van der Waals surface area contributed by atoms with Crippen molar-refractivity contribution < 1.29 is 8.42 Å². The molecule has 1 rings (SSSR count). The van der Waals surface area contributed by atoms with Crippen molar-refractivity contribution in [2.24, 2.45) is 5.92 Å². The van der Waals surface area contributed by atoms with Gasteiger partial charge in [-0.05, 0) is 25.2 Å². The first-order valence-electron chi connectivity index (χ1n) is 4.59. The predicted octanol–water partition coefficient (Wildman–Crippen LogP) is 1.82. The molecule has 0 aromatic heterocycles. The monoisotopic (exact) mass is 189 g/mol. The van der Waals surface area contributed by atoms with Gasteiger partial charge >= 0.3 is 0 Å². The zero-order valence-corrected chi connectivity index (χ0v) is 8.44. The smallest absolute Gasteiger partial charge is 0.147 e. The molecule has 0 spiro atoms. The number of rotatable bonds is 6. The van der Waals surface area contributed by atoms with Crippen LogP contribution in [0.25, 0.3) is 0 Å². The molecule has 1 saturated carbocycles. The maximum atomic E-state index is 10.7. The van der Waals surface area contributed by atoms with Crippen LogP contribution in [0.1, 0.15) is 32.1 Å². The van der Waals surface area contributed by atoms with Crippen LogP contribution in [0, 0.1) is 12.3 Å². The Labute approximate surface area is 75.3 Å². The zero-order chi connectivity index (χ0) is 9.03. The summed E-state index contributed by atoms with van der Waals surface area (Å²) < 4.78 is 21.5. The quantitative estimate of drug-likeness (QED) is 0.597. The molecule has 0 heterocycles. The van der Waals surface area contributed by atoms with Crippen LogP contribution < -0.4 is 0 Å². The van der Waals surface area contributed by atoms with E-state index in [1.165, 1.54) is 25.5 Å². The SMILES string of the molecule is CS(=O)(=O)CCCCCC1[CH]C1. The minimum absolute atomic E-state index is 0.362. The third kappa shape index (κ3) is 5.58. The molecule has 0 bridgehead atoms. The maximum absolute atomic E-state index is 10.7. The predicted molar refractivity (Wildman–Crippen MR) is 50.6 cm³/mol. The van der Waals surface area contributed by atoms with Gasteiger partial charge in [0.1, 0.15) is 9.84 Å². The van der Waals surface area contributed by atoms with Crippen molar-refractivity contribution in [3.63, 3.8) is 0 Å². The van der Waals surface area contributed by atoms with Crippen LogP contribution in [0.15, 0.2) is 0 Å². The Morgan fingerprint density at radius 3 is 2.50 bits per heavy atom. The van der Waals surface area contributed by atoms with Gasteiger partial charge < -0.3 is 0 Å². The van der Waals surface area contributed by atoms with E-state index in [1.54, 1.807) is 0 Å². The van der Waals surface area contributed by atoms with E-state index in [-0.39, 0.29) is 0 Å². The Kier molecular flexibility index (Phi) is 3.56. The number of hydrogen-bond acceptors (Lipinski definition) is 2. The molecular weight excluding hydrogens is 172 g/mol. The third-order valence-corrected chi connectivity index (χ3v) is 3.19. The van der Waals surface area contributed by atoms with Gasteiger partial charge in [-0.1, -0.05) is 19.3 Å². The summed E-state index contributed by atoms with van der Waals surface area (Å²) in [6, 6.07) is 0. The lowest BCUT2D eigenvalue weighted by Crippen LogP contribution is -2.02. The second-order valence-electron chi connectivity index (χ2n) is 3.71. The van der Waals surface area contributed by atoms with Crippen LogP contribution in [0.4, 0.5) is 0 Å². The molecule has 0 aromatic rings. The summed E-state index contributed by atoms with van der Waals surface area (Å²) in [5.74, 6) is 1.23. The summed E-state index contributed by atoms with van der Waals surface area (Å²) in [4.78, 5) is 0. The van der Waals surface area contributed by atoms with Gasteiger partial charge in [0.15, 0.2) is 0 Å². The fourth-order valence-electron chi connectivity index (χ4n) is 1.28. The lowest BCUT2D eigenvalue weighted by molar-refractivity contribution is 0.589. The van der Waals surface area contributed by atoms with Crippen molar-refractivity contribution >= 4 is 9.84 Å². The first kappa shape index (κ1) is 10.0. The van der Waals surface area contributed by atoms with Crippen LogP contribution in [0.2, 0.25) is 0 Å². The van der Waals surface area contributed by atoms with Gasteiger partial charge in [0.25, 0.3) is 0 Å². The van der Waals surface area contributed by atoms with E-state index in [1.807, 2.05) is 0 Å². The van der Waals surface area contributed by atoms with E-state index in [4.69, 9.17) is 0 Å². The third-order valence-electron chi connectivity index (χ3n) is 2.16. The molecule has 1 unspecified atom stereocenters. The molecule has 12 heavy (non-hydrogen) atoms. The Balaban J connectivity index is 1.88. The topological polar surface area (TPSA) is 34.1 Å².